The van der Waals surface area contributed by atoms with Crippen LogP contribution in [0.1, 0.15) is 32.6 Å². The molecule has 15 heavy (non-hydrogen) atoms. The van der Waals surface area contributed by atoms with Crippen LogP contribution in [0, 0.1) is 11.3 Å². The lowest BCUT2D eigenvalue weighted by Crippen LogP contribution is -2.45. The van der Waals surface area contributed by atoms with Crippen molar-refractivity contribution in [2.75, 3.05) is 7.11 Å². The summed E-state index contributed by atoms with van der Waals surface area (Å²) >= 11 is 0. The fourth-order valence-electron chi connectivity index (χ4n) is 3.06. The van der Waals surface area contributed by atoms with Gasteiger partial charge >= 0.3 is 5.97 Å². The van der Waals surface area contributed by atoms with Crippen LogP contribution in [-0.2, 0) is 14.3 Å². The Morgan fingerprint density at radius 2 is 2.27 bits per heavy atom. The molecular weight excluding hydrogens is 196 g/mol. The van der Waals surface area contributed by atoms with E-state index in [-0.39, 0.29) is 24.5 Å². The summed E-state index contributed by atoms with van der Waals surface area (Å²) in [5.74, 6) is -0.554. The fraction of sp³-hybridized carbons (Fsp3) is 0.818. The molecule has 0 aromatic carbocycles. The molecule has 0 amide bonds. The smallest absolute Gasteiger partial charge is 0.319 e. The zero-order valence-electron chi connectivity index (χ0n) is 9.08. The highest BCUT2D eigenvalue weighted by molar-refractivity contribution is 6.05. The van der Waals surface area contributed by atoms with E-state index in [1.54, 1.807) is 0 Å². The second-order valence-electron chi connectivity index (χ2n) is 4.88. The molecule has 0 aromatic rings. The van der Waals surface area contributed by atoms with E-state index in [0.717, 1.165) is 0 Å². The molecule has 2 aliphatic carbocycles. The molecule has 2 rings (SSSR count). The summed E-state index contributed by atoms with van der Waals surface area (Å²) in [5.41, 5.74) is -1.90. The van der Waals surface area contributed by atoms with Gasteiger partial charge in [0.2, 0.25) is 0 Å². The van der Waals surface area contributed by atoms with Crippen molar-refractivity contribution in [3.63, 3.8) is 0 Å². The average molecular weight is 212 g/mol. The van der Waals surface area contributed by atoms with Gasteiger partial charge < -0.3 is 9.84 Å². The quantitative estimate of drug-likeness (QED) is 0.512. The van der Waals surface area contributed by atoms with Crippen molar-refractivity contribution < 1.29 is 19.4 Å². The van der Waals surface area contributed by atoms with Gasteiger partial charge in [-0.3, -0.25) is 9.59 Å². The molecule has 0 radical (unpaired) electrons. The van der Waals surface area contributed by atoms with Crippen LogP contribution in [0.3, 0.4) is 0 Å². The Balaban J connectivity index is 2.39. The number of hydrogen-bond donors (Lipinski definition) is 1. The first kappa shape index (κ1) is 10.6. The molecule has 2 fully saturated rings. The second kappa shape index (κ2) is 3.04. The minimum atomic E-state index is -1.05. The molecule has 1 N–H and O–H groups in total. The van der Waals surface area contributed by atoms with Crippen LogP contribution in [0.15, 0.2) is 0 Å². The molecule has 0 spiro atoms. The number of rotatable bonds is 1. The van der Waals surface area contributed by atoms with Gasteiger partial charge in [0.1, 0.15) is 11.2 Å². The molecule has 4 heteroatoms. The molecule has 2 saturated carbocycles. The highest BCUT2D eigenvalue weighted by atomic mass is 16.5. The molecule has 4 nitrogen and oxygen atoms in total. The van der Waals surface area contributed by atoms with Crippen molar-refractivity contribution in [3.05, 3.63) is 0 Å². The zero-order chi connectivity index (χ0) is 11.3. The molecule has 0 aromatic heterocycles. The van der Waals surface area contributed by atoms with Crippen molar-refractivity contribution in [2.45, 2.75) is 38.2 Å². The average Bonchev–Trinajstić information content (AvgIpc) is 2.44. The topological polar surface area (TPSA) is 63.6 Å². The summed E-state index contributed by atoms with van der Waals surface area (Å²) < 4.78 is 4.70. The molecule has 0 unspecified atom stereocenters. The molecule has 3 atom stereocenters. The first-order chi connectivity index (χ1) is 6.94. The van der Waals surface area contributed by atoms with Crippen LogP contribution < -0.4 is 0 Å². The minimum Gasteiger partial charge on any atom is -0.468 e. The summed E-state index contributed by atoms with van der Waals surface area (Å²) in [7, 11) is 1.29. The van der Waals surface area contributed by atoms with Crippen LogP contribution in [0.4, 0.5) is 0 Å². The van der Waals surface area contributed by atoms with E-state index < -0.39 is 17.0 Å². The zero-order valence-corrected chi connectivity index (χ0v) is 9.08. The number of ketones is 1. The number of methoxy groups -OCH3 is 1. The van der Waals surface area contributed by atoms with Crippen molar-refractivity contribution in [1.29, 1.82) is 0 Å². The Kier molecular flexibility index (Phi) is 2.15. The van der Waals surface area contributed by atoms with Crippen molar-refractivity contribution in [1.82, 2.24) is 0 Å². The summed E-state index contributed by atoms with van der Waals surface area (Å²) in [6.07, 6.45) is 1.43. The van der Waals surface area contributed by atoms with E-state index in [0.29, 0.717) is 12.8 Å². The van der Waals surface area contributed by atoms with Crippen LogP contribution in [-0.4, -0.2) is 29.6 Å². The lowest BCUT2D eigenvalue weighted by atomic mass is 9.73. The number of hydrogen-bond acceptors (Lipinski definition) is 4. The maximum Gasteiger partial charge on any atom is 0.319 e. The maximum atomic E-state index is 11.9. The number of aliphatic hydroxyl groups is 1. The molecule has 0 aliphatic heterocycles. The Labute approximate surface area is 88.6 Å². The lowest BCUT2D eigenvalue weighted by Gasteiger charge is -2.33. The predicted molar refractivity (Wildman–Crippen MR) is 52.0 cm³/mol. The van der Waals surface area contributed by atoms with Crippen LogP contribution >= 0.6 is 0 Å². The van der Waals surface area contributed by atoms with Gasteiger partial charge in [-0.1, -0.05) is 6.92 Å². The largest absolute Gasteiger partial charge is 0.468 e. The van der Waals surface area contributed by atoms with Gasteiger partial charge in [-0.15, -0.1) is 0 Å². The first-order valence-electron chi connectivity index (χ1n) is 5.29. The molecule has 0 saturated heterocycles. The van der Waals surface area contributed by atoms with E-state index in [4.69, 9.17) is 4.74 Å². The van der Waals surface area contributed by atoms with Gasteiger partial charge in [-0.25, -0.2) is 0 Å². The molecule has 84 valence electrons. The number of carbonyl (C=O) groups is 2. The van der Waals surface area contributed by atoms with Gasteiger partial charge in [0.05, 0.1) is 12.7 Å². The Morgan fingerprint density at radius 3 is 2.87 bits per heavy atom. The highest BCUT2D eigenvalue weighted by Crippen LogP contribution is 2.55. The van der Waals surface area contributed by atoms with Gasteiger partial charge in [0.25, 0.3) is 0 Å². The Bertz CT molecular complexity index is 315. The van der Waals surface area contributed by atoms with Crippen LogP contribution in [0.5, 0.6) is 0 Å². The monoisotopic (exact) mass is 212 g/mol. The number of ether oxygens (including phenoxy) is 1. The Morgan fingerprint density at radius 1 is 1.60 bits per heavy atom. The molecule has 0 heterocycles. The molecule has 2 aliphatic rings. The van der Waals surface area contributed by atoms with E-state index in [1.807, 2.05) is 6.92 Å². The number of carbonyl (C=O) groups excluding carboxylic acids is 2. The number of esters is 1. The number of Topliss-reactive ketones (excluding diaryl/α,β-unsaturated/α-hetero) is 1. The van der Waals surface area contributed by atoms with E-state index in [9.17, 15) is 14.7 Å². The van der Waals surface area contributed by atoms with Gasteiger partial charge in [-0.2, -0.15) is 0 Å². The molecular formula is C11H16O4. The first-order valence-corrected chi connectivity index (χ1v) is 5.29. The van der Waals surface area contributed by atoms with E-state index in [2.05, 4.69) is 0 Å². The van der Waals surface area contributed by atoms with E-state index >= 15 is 0 Å². The maximum absolute atomic E-state index is 11.9. The van der Waals surface area contributed by atoms with Gasteiger partial charge in [0, 0.05) is 6.42 Å². The van der Waals surface area contributed by atoms with Crippen LogP contribution in [0.25, 0.3) is 0 Å². The predicted octanol–water partition coefficient (Wildman–Crippen LogP) is 0.670. The standard InChI is InChI=1S/C11H16O4/c1-7-5-10(9(13)15-2)6-11(7,14)4-3-8(10)12/h7,14H,3-6H2,1-2H3/t7-,10+,11+/m0/s1. The number of fused-ring (bicyclic) bond motifs is 2. The van der Waals surface area contributed by atoms with Crippen molar-refractivity contribution in [2.24, 2.45) is 11.3 Å². The van der Waals surface area contributed by atoms with Crippen LogP contribution in [0.2, 0.25) is 0 Å². The Hall–Kier alpha value is -0.900. The fourth-order valence-corrected chi connectivity index (χ4v) is 3.06. The van der Waals surface area contributed by atoms with Crippen molar-refractivity contribution >= 4 is 11.8 Å². The molecule has 2 bridgehead atoms. The normalized spacial score (nSPS) is 44.2. The second-order valence-corrected chi connectivity index (χ2v) is 4.88. The third-order valence-electron chi connectivity index (χ3n) is 4.07. The third-order valence-corrected chi connectivity index (χ3v) is 4.07. The lowest BCUT2D eigenvalue weighted by molar-refractivity contribution is -0.161. The van der Waals surface area contributed by atoms with Crippen molar-refractivity contribution in [3.8, 4) is 0 Å². The summed E-state index contributed by atoms with van der Waals surface area (Å²) in [6, 6.07) is 0. The SMILES string of the molecule is COC(=O)[C@@]12C[C@H](C)[C@@](O)(CCC1=O)C2. The van der Waals surface area contributed by atoms with Gasteiger partial charge in [0.15, 0.2) is 0 Å². The van der Waals surface area contributed by atoms with Gasteiger partial charge in [-0.05, 0) is 25.2 Å². The summed E-state index contributed by atoms with van der Waals surface area (Å²) in [4.78, 5) is 23.5. The van der Waals surface area contributed by atoms with E-state index in [1.165, 1.54) is 7.11 Å². The highest BCUT2D eigenvalue weighted by Gasteiger charge is 2.63. The summed E-state index contributed by atoms with van der Waals surface area (Å²) in [5, 5.41) is 10.3. The minimum absolute atomic E-state index is 0.0111. The third kappa shape index (κ3) is 1.24. The summed E-state index contributed by atoms with van der Waals surface area (Å²) in [6.45, 7) is 1.89.